The lowest BCUT2D eigenvalue weighted by Crippen LogP contribution is -2.23. The molecule has 0 aliphatic carbocycles. The Labute approximate surface area is 170 Å². The molecule has 144 valence electrons. The third kappa shape index (κ3) is 4.87. The van der Waals surface area contributed by atoms with Crippen molar-refractivity contribution in [1.29, 1.82) is 0 Å². The Kier molecular flexibility index (Phi) is 5.95. The van der Waals surface area contributed by atoms with Gasteiger partial charge in [-0.25, -0.2) is 9.97 Å². The van der Waals surface area contributed by atoms with Crippen LogP contribution in [-0.4, -0.2) is 15.9 Å². The SMILES string of the molecule is CC(C)(C)c1ccccc1Nc1ncc(C(=O)NCc2ccccc2Cl)cn1. The van der Waals surface area contributed by atoms with Crippen LogP contribution in [0, 0.1) is 0 Å². The lowest BCUT2D eigenvalue weighted by Gasteiger charge is -2.22. The first kappa shape index (κ1) is 19.8. The Balaban J connectivity index is 1.67. The number of para-hydroxylation sites is 1. The number of benzene rings is 2. The van der Waals surface area contributed by atoms with Crippen LogP contribution in [0.4, 0.5) is 11.6 Å². The second-order valence-corrected chi connectivity index (χ2v) is 7.90. The van der Waals surface area contributed by atoms with Crippen LogP contribution in [0.2, 0.25) is 5.02 Å². The predicted octanol–water partition coefficient (Wildman–Crippen LogP) is 5.10. The molecule has 2 aromatic carbocycles. The zero-order chi connectivity index (χ0) is 20.1. The fraction of sp³-hybridized carbons (Fsp3) is 0.227. The van der Waals surface area contributed by atoms with Crippen LogP contribution in [0.3, 0.4) is 0 Å². The summed E-state index contributed by atoms with van der Waals surface area (Å²) in [5, 5.41) is 6.69. The maximum Gasteiger partial charge on any atom is 0.254 e. The molecule has 3 rings (SSSR count). The molecule has 1 heterocycles. The van der Waals surface area contributed by atoms with Gasteiger partial charge in [0.15, 0.2) is 0 Å². The van der Waals surface area contributed by atoms with Crippen molar-refractivity contribution in [2.75, 3.05) is 5.32 Å². The Morgan fingerprint density at radius 1 is 1.00 bits per heavy atom. The van der Waals surface area contributed by atoms with E-state index in [0.29, 0.717) is 23.1 Å². The highest BCUT2D eigenvalue weighted by atomic mass is 35.5. The summed E-state index contributed by atoms with van der Waals surface area (Å²) in [5.41, 5.74) is 3.35. The lowest BCUT2D eigenvalue weighted by molar-refractivity contribution is 0.0950. The molecule has 0 radical (unpaired) electrons. The van der Waals surface area contributed by atoms with Gasteiger partial charge in [-0.15, -0.1) is 0 Å². The maximum atomic E-state index is 12.3. The van der Waals surface area contributed by atoms with E-state index in [1.807, 2.05) is 36.4 Å². The molecule has 0 aliphatic heterocycles. The Morgan fingerprint density at radius 3 is 2.32 bits per heavy atom. The van der Waals surface area contributed by atoms with E-state index in [-0.39, 0.29) is 11.3 Å². The molecule has 0 aliphatic rings. The molecule has 2 N–H and O–H groups in total. The number of amides is 1. The summed E-state index contributed by atoms with van der Waals surface area (Å²) in [6.07, 6.45) is 3.02. The first-order valence-electron chi connectivity index (χ1n) is 9.05. The molecule has 3 aromatic rings. The highest BCUT2D eigenvalue weighted by Crippen LogP contribution is 2.30. The summed E-state index contributed by atoms with van der Waals surface area (Å²) in [6, 6.07) is 15.5. The zero-order valence-electron chi connectivity index (χ0n) is 16.2. The zero-order valence-corrected chi connectivity index (χ0v) is 16.9. The van der Waals surface area contributed by atoms with E-state index in [1.54, 1.807) is 6.07 Å². The average molecular weight is 395 g/mol. The van der Waals surface area contributed by atoms with Crippen molar-refractivity contribution in [3.05, 3.63) is 82.6 Å². The molecule has 0 saturated carbocycles. The van der Waals surface area contributed by atoms with Gasteiger partial charge in [0.25, 0.3) is 5.91 Å². The van der Waals surface area contributed by atoms with Crippen LogP contribution < -0.4 is 10.6 Å². The topological polar surface area (TPSA) is 66.9 Å². The van der Waals surface area contributed by atoms with Gasteiger partial charge < -0.3 is 10.6 Å². The summed E-state index contributed by atoms with van der Waals surface area (Å²) in [6.45, 7) is 6.81. The predicted molar refractivity (Wildman–Crippen MR) is 113 cm³/mol. The second-order valence-electron chi connectivity index (χ2n) is 7.49. The Hall–Kier alpha value is -2.92. The van der Waals surface area contributed by atoms with Gasteiger partial charge in [0.05, 0.1) is 5.56 Å². The molecule has 0 atom stereocenters. The van der Waals surface area contributed by atoms with Crippen LogP contribution in [0.15, 0.2) is 60.9 Å². The molecule has 1 aromatic heterocycles. The van der Waals surface area contributed by atoms with Crippen molar-refractivity contribution in [3.8, 4) is 0 Å². The van der Waals surface area contributed by atoms with Gasteiger partial charge in [-0.05, 0) is 28.7 Å². The monoisotopic (exact) mass is 394 g/mol. The highest BCUT2D eigenvalue weighted by molar-refractivity contribution is 6.31. The average Bonchev–Trinajstić information content (AvgIpc) is 2.67. The Morgan fingerprint density at radius 2 is 1.64 bits per heavy atom. The molecule has 1 amide bonds. The summed E-state index contributed by atoms with van der Waals surface area (Å²) in [5.74, 6) is 0.195. The number of carbonyl (C=O) groups is 1. The minimum Gasteiger partial charge on any atom is -0.348 e. The van der Waals surface area contributed by atoms with Gasteiger partial charge >= 0.3 is 0 Å². The van der Waals surface area contributed by atoms with Crippen LogP contribution >= 0.6 is 11.6 Å². The smallest absolute Gasteiger partial charge is 0.254 e. The van der Waals surface area contributed by atoms with Gasteiger partial charge in [0.1, 0.15) is 0 Å². The van der Waals surface area contributed by atoms with E-state index in [1.165, 1.54) is 18.0 Å². The minimum absolute atomic E-state index is 0.0118. The van der Waals surface area contributed by atoms with Crippen LogP contribution in [0.25, 0.3) is 0 Å². The molecule has 0 spiro atoms. The van der Waals surface area contributed by atoms with Crippen LogP contribution in [-0.2, 0) is 12.0 Å². The van der Waals surface area contributed by atoms with E-state index >= 15 is 0 Å². The minimum atomic E-state index is -0.249. The quantitative estimate of drug-likeness (QED) is 0.631. The molecular weight excluding hydrogens is 372 g/mol. The lowest BCUT2D eigenvalue weighted by atomic mass is 9.86. The van der Waals surface area contributed by atoms with E-state index < -0.39 is 0 Å². The number of nitrogens with zero attached hydrogens (tertiary/aromatic N) is 2. The number of hydrogen-bond acceptors (Lipinski definition) is 4. The van der Waals surface area contributed by atoms with Crippen LogP contribution in [0.5, 0.6) is 0 Å². The van der Waals surface area contributed by atoms with Crippen molar-refractivity contribution in [3.63, 3.8) is 0 Å². The van der Waals surface area contributed by atoms with Crippen molar-refractivity contribution in [2.45, 2.75) is 32.7 Å². The van der Waals surface area contributed by atoms with Crippen molar-refractivity contribution < 1.29 is 4.79 Å². The van der Waals surface area contributed by atoms with Gasteiger partial charge in [0, 0.05) is 29.6 Å². The maximum absolute atomic E-state index is 12.3. The van der Waals surface area contributed by atoms with Crippen molar-refractivity contribution >= 4 is 29.1 Å². The van der Waals surface area contributed by atoms with Gasteiger partial charge in [0.2, 0.25) is 5.95 Å². The van der Waals surface area contributed by atoms with Crippen molar-refractivity contribution in [1.82, 2.24) is 15.3 Å². The van der Waals surface area contributed by atoms with E-state index in [9.17, 15) is 4.79 Å². The summed E-state index contributed by atoms with van der Waals surface area (Å²) in [7, 11) is 0. The van der Waals surface area contributed by atoms with E-state index in [2.05, 4.69) is 47.4 Å². The number of halogens is 1. The largest absolute Gasteiger partial charge is 0.348 e. The number of anilines is 2. The molecule has 0 fully saturated rings. The fourth-order valence-electron chi connectivity index (χ4n) is 2.80. The Bertz CT molecular complexity index is 965. The molecule has 6 heteroatoms. The molecule has 5 nitrogen and oxygen atoms in total. The van der Waals surface area contributed by atoms with Gasteiger partial charge in [-0.3, -0.25) is 4.79 Å². The molecular formula is C22H23ClN4O. The van der Waals surface area contributed by atoms with Crippen molar-refractivity contribution in [2.24, 2.45) is 0 Å². The van der Waals surface area contributed by atoms with E-state index in [4.69, 9.17) is 11.6 Å². The third-order valence-electron chi connectivity index (χ3n) is 4.29. The molecule has 0 bridgehead atoms. The third-order valence-corrected chi connectivity index (χ3v) is 4.66. The normalized spacial score (nSPS) is 11.1. The summed E-state index contributed by atoms with van der Waals surface area (Å²) >= 11 is 6.11. The van der Waals surface area contributed by atoms with Gasteiger partial charge in [-0.2, -0.15) is 0 Å². The number of nitrogens with one attached hydrogen (secondary N) is 2. The standard InChI is InChI=1S/C22H23ClN4O/c1-22(2,3)17-9-5-7-11-19(17)27-21-25-13-16(14-26-21)20(28)24-12-15-8-4-6-10-18(15)23/h4-11,13-14H,12H2,1-3H3,(H,24,28)(H,25,26,27). The number of hydrogen-bond donors (Lipinski definition) is 2. The number of rotatable bonds is 5. The highest BCUT2D eigenvalue weighted by Gasteiger charge is 2.18. The fourth-order valence-corrected chi connectivity index (χ4v) is 3.00. The van der Waals surface area contributed by atoms with Crippen LogP contribution in [0.1, 0.15) is 42.3 Å². The first-order chi connectivity index (χ1) is 13.3. The molecule has 0 unspecified atom stereocenters. The van der Waals surface area contributed by atoms with Gasteiger partial charge in [-0.1, -0.05) is 68.8 Å². The number of aromatic nitrogens is 2. The first-order valence-corrected chi connectivity index (χ1v) is 9.42. The molecule has 0 saturated heterocycles. The summed E-state index contributed by atoms with van der Waals surface area (Å²) in [4.78, 5) is 20.9. The summed E-state index contributed by atoms with van der Waals surface area (Å²) < 4.78 is 0. The number of carbonyl (C=O) groups excluding carboxylic acids is 1. The van der Waals surface area contributed by atoms with E-state index in [0.717, 1.165) is 11.3 Å². The second kappa shape index (κ2) is 8.40. The molecule has 28 heavy (non-hydrogen) atoms.